The van der Waals surface area contributed by atoms with Crippen LogP contribution >= 0.6 is 0 Å². The lowest BCUT2D eigenvalue weighted by Gasteiger charge is -2.32. The fourth-order valence-corrected chi connectivity index (χ4v) is 4.35. The number of hydrogen-bond acceptors (Lipinski definition) is 4. The molecule has 4 aromatic rings. The van der Waals surface area contributed by atoms with Gasteiger partial charge in [0.05, 0.1) is 11.3 Å². The van der Waals surface area contributed by atoms with Gasteiger partial charge in [0.25, 0.3) is 5.91 Å². The second-order valence-corrected chi connectivity index (χ2v) is 8.14. The summed E-state index contributed by atoms with van der Waals surface area (Å²) < 4.78 is 14.1. The van der Waals surface area contributed by atoms with Crippen molar-refractivity contribution in [2.75, 3.05) is 13.1 Å². The molecule has 1 amide bonds. The van der Waals surface area contributed by atoms with E-state index in [-0.39, 0.29) is 17.4 Å². The van der Waals surface area contributed by atoms with Crippen molar-refractivity contribution >= 4 is 5.91 Å². The number of carbonyl (C=O) groups is 1. The average molecular weight is 439 g/mol. The lowest BCUT2D eigenvalue weighted by Crippen LogP contribution is -2.38. The first-order valence-electron chi connectivity index (χ1n) is 11.1. The molecule has 5 rings (SSSR count). The van der Waals surface area contributed by atoms with Gasteiger partial charge >= 0.3 is 0 Å². The fourth-order valence-electron chi connectivity index (χ4n) is 4.35. The van der Waals surface area contributed by atoms with E-state index in [2.05, 4.69) is 9.97 Å². The van der Waals surface area contributed by atoms with Crippen LogP contribution in [0.15, 0.2) is 85.3 Å². The molecule has 0 radical (unpaired) electrons. The number of halogens is 1. The Kier molecular flexibility index (Phi) is 5.89. The quantitative estimate of drug-likeness (QED) is 0.430. The van der Waals surface area contributed by atoms with Crippen LogP contribution in [-0.2, 0) is 0 Å². The van der Waals surface area contributed by atoms with Gasteiger partial charge in [0.1, 0.15) is 5.82 Å². The van der Waals surface area contributed by atoms with Crippen molar-refractivity contribution in [3.05, 3.63) is 102 Å². The topological polar surface area (TPSA) is 59.0 Å². The normalized spacial score (nSPS) is 14.3. The first-order valence-corrected chi connectivity index (χ1v) is 11.1. The molecule has 0 aliphatic carbocycles. The van der Waals surface area contributed by atoms with Crippen molar-refractivity contribution in [1.82, 2.24) is 19.9 Å². The highest BCUT2D eigenvalue weighted by Crippen LogP contribution is 2.35. The van der Waals surface area contributed by atoms with E-state index in [4.69, 9.17) is 4.98 Å². The second-order valence-electron chi connectivity index (χ2n) is 8.14. The second kappa shape index (κ2) is 9.28. The Labute approximate surface area is 192 Å². The number of nitrogens with zero attached hydrogens (tertiary/aromatic N) is 4. The number of amides is 1. The lowest BCUT2D eigenvalue weighted by atomic mass is 9.88. The number of likely N-dealkylation sites (tertiary alicyclic amines) is 1. The zero-order chi connectivity index (χ0) is 22.6. The molecular weight excluding hydrogens is 415 g/mol. The third-order valence-corrected chi connectivity index (χ3v) is 6.11. The number of piperidine rings is 1. The van der Waals surface area contributed by atoms with Crippen molar-refractivity contribution in [2.24, 2.45) is 0 Å². The molecule has 164 valence electrons. The summed E-state index contributed by atoms with van der Waals surface area (Å²) in [6, 6.07) is 20.0. The first-order chi connectivity index (χ1) is 16.2. The zero-order valence-electron chi connectivity index (χ0n) is 18.1. The van der Waals surface area contributed by atoms with Crippen LogP contribution in [0.5, 0.6) is 0 Å². The predicted octanol–water partition coefficient (Wildman–Crippen LogP) is 5.36. The van der Waals surface area contributed by atoms with E-state index >= 15 is 0 Å². The van der Waals surface area contributed by atoms with Crippen LogP contribution in [0.4, 0.5) is 4.39 Å². The SMILES string of the molecule is O=C(c1ccccc1F)N1CCC(c2nc(-c3ccccc3)ncc2-c2ccncc2)CC1. The number of aromatic nitrogens is 3. The number of benzene rings is 2. The van der Waals surface area contributed by atoms with Gasteiger partial charge in [0.15, 0.2) is 5.82 Å². The number of carbonyl (C=O) groups excluding carboxylic acids is 1. The molecule has 0 bridgehead atoms. The van der Waals surface area contributed by atoms with Gasteiger partial charge in [-0.3, -0.25) is 9.78 Å². The van der Waals surface area contributed by atoms with Crippen molar-refractivity contribution in [3.8, 4) is 22.5 Å². The third kappa shape index (κ3) is 4.37. The van der Waals surface area contributed by atoms with Crippen molar-refractivity contribution in [3.63, 3.8) is 0 Å². The smallest absolute Gasteiger partial charge is 0.256 e. The largest absolute Gasteiger partial charge is 0.339 e. The minimum Gasteiger partial charge on any atom is -0.339 e. The van der Waals surface area contributed by atoms with Gasteiger partial charge in [-0.1, -0.05) is 42.5 Å². The monoisotopic (exact) mass is 438 g/mol. The van der Waals surface area contributed by atoms with E-state index in [9.17, 15) is 9.18 Å². The summed E-state index contributed by atoms with van der Waals surface area (Å²) in [5.74, 6) is 0.123. The molecule has 2 aromatic heterocycles. The van der Waals surface area contributed by atoms with Crippen LogP contribution in [0, 0.1) is 5.82 Å². The number of hydrogen-bond donors (Lipinski definition) is 0. The maximum absolute atomic E-state index is 14.1. The Balaban J connectivity index is 1.43. The Bertz CT molecular complexity index is 1260. The van der Waals surface area contributed by atoms with Crippen LogP contribution < -0.4 is 0 Å². The number of rotatable bonds is 4. The van der Waals surface area contributed by atoms with E-state index in [1.54, 1.807) is 35.5 Å². The van der Waals surface area contributed by atoms with E-state index in [0.717, 1.165) is 35.2 Å². The molecule has 0 N–H and O–H groups in total. The summed E-state index contributed by atoms with van der Waals surface area (Å²) >= 11 is 0. The molecule has 6 heteroatoms. The van der Waals surface area contributed by atoms with Crippen LogP contribution in [0.2, 0.25) is 0 Å². The van der Waals surface area contributed by atoms with Crippen LogP contribution in [0.25, 0.3) is 22.5 Å². The number of pyridine rings is 1. The van der Waals surface area contributed by atoms with Gasteiger partial charge in [-0.15, -0.1) is 0 Å². The van der Waals surface area contributed by atoms with Gasteiger partial charge in [-0.25, -0.2) is 14.4 Å². The van der Waals surface area contributed by atoms with Crippen LogP contribution in [0.3, 0.4) is 0 Å². The van der Waals surface area contributed by atoms with Crippen molar-refractivity contribution < 1.29 is 9.18 Å². The van der Waals surface area contributed by atoms with Crippen LogP contribution in [0.1, 0.15) is 34.8 Å². The van der Waals surface area contributed by atoms with Gasteiger partial charge in [0, 0.05) is 48.7 Å². The molecule has 0 spiro atoms. The Morgan fingerprint density at radius 1 is 0.879 bits per heavy atom. The fraction of sp³-hybridized carbons (Fsp3) is 0.185. The molecule has 1 aliphatic rings. The molecule has 33 heavy (non-hydrogen) atoms. The molecule has 0 unspecified atom stereocenters. The molecule has 0 saturated carbocycles. The Morgan fingerprint density at radius 2 is 1.58 bits per heavy atom. The van der Waals surface area contributed by atoms with Gasteiger partial charge in [0.2, 0.25) is 0 Å². The average Bonchev–Trinajstić information content (AvgIpc) is 2.89. The summed E-state index contributed by atoms with van der Waals surface area (Å²) in [5.41, 5.74) is 4.07. The summed E-state index contributed by atoms with van der Waals surface area (Å²) in [5, 5.41) is 0. The Hall–Kier alpha value is -3.93. The van der Waals surface area contributed by atoms with E-state index < -0.39 is 5.82 Å². The van der Waals surface area contributed by atoms with Gasteiger partial charge < -0.3 is 4.90 Å². The summed E-state index contributed by atoms with van der Waals surface area (Å²) in [6.45, 7) is 1.11. The van der Waals surface area contributed by atoms with E-state index in [0.29, 0.717) is 18.9 Å². The summed E-state index contributed by atoms with van der Waals surface area (Å²) in [4.78, 5) is 28.3. The molecule has 0 atom stereocenters. The van der Waals surface area contributed by atoms with Crippen molar-refractivity contribution in [2.45, 2.75) is 18.8 Å². The molecule has 1 fully saturated rings. The Morgan fingerprint density at radius 3 is 2.30 bits per heavy atom. The first kappa shape index (κ1) is 20.9. The van der Waals surface area contributed by atoms with Crippen LogP contribution in [-0.4, -0.2) is 38.8 Å². The lowest BCUT2D eigenvalue weighted by molar-refractivity contribution is 0.0707. The molecule has 5 nitrogen and oxygen atoms in total. The maximum atomic E-state index is 14.1. The van der Waals surface area contributed by atoms with Gasteiger partial charge in [-0.05, 0) is 42.7 Å². The summed E-state index contributed by atoms with van der Waals surface area (Å²) in [7, 11) is 0. The highest BCUT2D eigenvalue weighted by atomic mass is 19.1. The minimum absolute atomic E-state index is 0.127. The predicted molar refractivity (Wildman–Crippen MR) is 125 cm³/mol. The van der Waals surface area contributed by atoms with Crippen molar-refractivity contribution in [1.29, 1.82) is 0 Å². The molecule has 1 aliphatic heterocycles. The molecule has 1 saturated heterocycles. The standard InChI is InChI=1S/C27H23FN4O/c28-24-9-5-4-8-22(24)27(33)32-16-12-20(13-17-32)25-23(19-10-14-29-15-11-19)18-30-26(31-25)21-6-2-1-3-7-21/h1-11,14-15,18,20H,12-13,16-17H2. The molecule has 2 aromatic carbocycles. The summed E-state index contributed by atoms with van der Waals surface area (Å²) in [6.07, 6.45) is 6.92. The minimum atomic E-state index is -0.479. The van der Waals surface area contributed by atoms with E-state index in [1.807, 2.05) is 48.7 Å². The molecule has 3 heterocycles. The highest BCUT2D eigenvalue weighted by molar-refractivity contribution is 5.94. The highest BCUT2D eigenvalue weighted by Gasteiger charge is 2.28. The van der Waals surface area contributed by atoms with Gasteiger partial charge in [-0.2, -0.15) is 0 Å². The van der Waals surface area contributed by atoms with E-state index in [1.165, 1.54) is 6.07 Å². The third-order valence-electron chi connectivity index (χ3n) is 6.11. The zero-order valence-corrected chi connectivity index (χ0v) is 18.1. The maximum Gasteiger partial charge on any atom is 0.256 e. The molecular formula is C27H23FN4O.